The van der Waals surface area contributed by atoms with Crippen molar-refractivity contribution in [3.8, 4) is 0 Å². The number of nitrogens with zero attached hydrogens (tertiary/aromatic N) is 2. The lowest BCUT2D eigenvalue weighted by Crippen LogP contribution is -2.44. The van der Waals surface area contributed by atoms with E-state index in [2.05, 4.69) is 65.7 Å². The molecule has 0 spiro atoms. The summed E-state index contributed by atoms with van der Waals surface area (Å²) in [5.74, 6) is 0.773. The van der Waals surface area contributed by atoms with Gasteiger partial charge in [0.1, 0.15) is 0 Å². The molecule has 0 heterocycles. The van der Waals surface area contributed by atoms with Crippen molar-refractivity contribution >= 4 is 0 Å². The molecule has 0 saturated carbocycles. The zero-order valence-corrected chi connectivity index (χ0v) is 12.0. The van der Waals surface area contributed by atoms with Crippen molar-refractivity contribution in [3.63, 3.8) is 0 Å². The minimum absolute atomic E-state index is 0.282. The lowest BCUT2D eigenvalue weighted by molar-refractivity contribution is 0.121. The van der Waals surface area contributed by atoms with Gasteiger partial charge < -0.3 is 9.80 Å². The second-order valence-corrected chi connectivity index (χ2v) is 6.16. The minimum Gasteiger partial charge on any atom is -0.306 e. The second kappa shape index (κ2) is 5.86. The summed E-state index contributed by atoms with van der Waals surface area (Å²) in [4.78, 5) is 4.69. The SMILES string of the molecule is CC(C)CC(CC(C)(C)N(C)C)N(C)C. The summed E-state index contributed by atoms with van der Waals surface area (Å²) < 4.78 is 0. The Labute approximate surface area is 96.6 Å². The molecule has 0 aromatic rings. The Morgan fingerprint density at radius 3 is 1.73 bits per heavy atom. The first-order valence-corrected chi connectivity index (χ1v) is 6.00. The van der Waals surface area contributed by atoms with Crippen LogP contribution in [0.1, 0.15) is 40.5 Å². The molecule has 1 atom stereocenters. The van der Waals surface area contributed by atoms with Crippen LogP contribution >= 0.6 is 0 Å². The molecule has 2 nitrogen and oxygen atoms in total. The maximum Gasteiger partial charge on any atom is 0.0162 e. The average Bonchev–Trinajstić information content (AvgIpc) is 2.01. The van der Waals surface area contributed by atoms with E-state index in [-0.39, 0.29) is 5.54 Å². The third-order valence-corrected chi connectivity index (χ3v) is 3.42. The van der Waals surface area contributed by atoms with Crippen LogP contribution in [0, 0.1) is 5.92 Å². The van der Waals surface area contributed by atoms with E-state index in [1.54, 1.807) is 0 Å². The Morgan fingerprint density at radius 1 is 1.00 bits per heavy atom. The molecule has 0 rings (SSSR count). The Balaban J connectivity index is 4.40. The summed E-state index contributed by atoms with van der Waals surface area (Å²) in [7, 11) is 8.72. The zero-order valence-electron chi connectivity index (χ0n) is 12.0. The molecule has 0 amide bonds. The number of rotatable bonds is 6. The van der Waals surface area contributed by atoms with Crippen LogP contribution in [0.4, 0.5) is 0 Å². The third-order valence-electron chi connectivity index (χ3n) is 3.42. The van der Waals surface area contributed by atoms with Crippen molar-refractivity contribution in [1.29, 1.82) is 0 Å². The fourth-order valence-corrected chi connectivity index (χ4v) is 1.78. The van der Waals surface area contributed by atoms with Gasteiger partial charge in [-0.15, -0.1) is 0 Å². The summed E-state index contributed by atoms with van der Waals surface area (Å²) in [5, 5.41) is 0. The first-order valence-electron chi connectivity index (χ1n) is 6.00. The van der Waals surface area contributed by atoms with E-state index < -0.39 is 0 Å². The molecule has 0 bridgehead atoms. The molecule has 0 fully saturated rings. The van der Waals surface area contributed by atoms with E-state index in [0.717, 1.165) is 5.92 Å². The molecule has 92 valence electrons. The molecule has 0 N–H and O–H groups in total. The van der Waals surface area contributed by atoms with Crippen LogP contribution in [0.25, 0.3) is 0 Å². The molecule has 0 aliphatic rings. The zero-order chi connectivity index (χ0) is 12.2. The van der Waals surface area contributed by atoms with Gasteiger partial charge in [0.25, 0.3) is 0 Å². The minimum atomic E-state index is 0.282. The van der Waals surface area contributed by atoms with Crippen molar-refractivity contribution < 1.29 is 0 Å². The van der Waals surface area contributed by atoms with Gasteiger partial charge in [-0.3, -0.25) is 0 Å². The summed E-state index contributed by atoms with van der Waals surface area (Å²) >= 11 is 0. The van der Waals surface area contributed by atoms with Crippen molar-refractivity contribution in [2.45, 2.75) is 52.1 Å². The maximum atomic E-state index is 2.37. The van der Waals surface area contributed by atoms with E-state index in [0.29, 0.717) is 6.04 Å². The Hall–Kier alpha value is -0.0800. The maximum absolute atomic E-state index is 2.37. The van der Waals surface area contributed by atoms with Crippen molar-refractivity contribution in [3.05, 3.63) is 0 Å². The second-order valence-electron chi connectivity index (χ2n) is 6.16. The fourth-order valence-electron chi connectivity index (χ4n) is 1.78. The van der Waals surface area contributed by atoms with E-state index in [4.69, 9.17) is 0 Å². The summed E-state index contributed by atoms with van der Waals surface area (Å²) in [6.07, 6.45) is 2.51. The predicted octanol–water partition coefficient (Wildman–Crippen LogP) is 2.69. The van der Waals surface area contributed by atoms with Crippen LogP contribution in [0.2, 0.25) is 0 Å². The van der Waals surface area contributed by atoms with Gasteiger partial charge in [0.15, 0.2) is 0 Å². The van der Waals surface area contributed by atoms with Gasteiger partial charge in [-0.2, -0.15) is 0 Å². The van der Waals surface area contributed by atoms with Gasteiger partial charge in [-0.25, -0.2) is 0 Å². The van der Waals surface area contributed by atoms with Crippen molar-refractivity contribution in [2.75, 3.05) is 28.2 Å². The Kier molecular flexibility index (Phi) is 5.82. The van der Waals surface area contributed by atoms with E-state index >= 15 is 0 Å². The molecule has 1 unspecified atom stereocenters. The number of hydrogen-bond acceptors (Lipinski definition) is 2. The van der Waals surface area contributed by atoms with Crippen LogP contribution in [0.15, 0.2) is 0 Å². The van der Waals surface area contributed by atoms with E-state index in [1.807, 2.05) is 0 Å². The Bertz CT molecular complexity index is 171. The molecule has 15 heavy (non-hydrogen) atoms. The molecule has 0 radical (unpaired) electrons. The van der Waals surface area contributed by atoms with Crippen molar-refractivity contribution in [1.82, 2.24) is 9.80 Å². The van der Waals surface area contributed by atoms with Crippen molar-refractivity contribution in [2.24, 2.45) is 5.92 Å². The highest BCUT2D eigenvalue weighted by Gasteiger charge is 2.26. The monoisotopic (exact) mass is 214 g/mol. The van der Waals surface area contributed by atoms with Crippen LogP contribution in [0.3, 0.4) is 0 Å². The highest BCUT2D eigenvalue weighted by atomic mass is 15.2. The average molecular weight is 214 g/mol. The summed E-state index contributed by atoms with van der Waals surface area (Å²) in [6, 6.07) is 0.683. The van der Waals surface area contributed by atoms with Gasteiger partial charge in [0.05, 0.1) is 0 Å². The fraction of sp³-hybridized carbons (Fsp3) is 1.00. The largest absolute Gasteiger partial charge is 0.306 e. The van der Waals surface area contributed by atoms with Crippen LogP contribution < -0.4 is 0 Å². The highest BCUT2D eigenvalue weighted by Crippen LogP contribution is 2.23. The molecular weight excluding hydrogens is 184 g/mol. The van der Waals surface area contributed by atoms with Gasteiger partial charge in [0, 0.05) is 11.6 Å². The first kappa shape index (κ1) is 14.9. The topological polar surface area (TPSA) is 6.48 Å². The quantitative estimate of drug-likeness (QED) is 0.671. The molecule has 0 aliphatic heterocycles. The standard InChI is InChI=1S/C13H30N2/c1-11(2)9-12(14(5)6)10-13(3,4)15(7)8/h11-12H,9-10H2,1-8H3. The van der Waals surface area contributed by atoms with Gasteiger partial charge in [0.2, 0.25) is 0 Å². The van der Waals surface area contributed by atoms with Gasteiger partial charge in [-0.1, -0.05) is 13.8 Å². The lowest BCUT2D eigenvalue weighted by Gasteiger charge is -2.38. The molecular formula is C13H30N2. The smallest absolute Gasteiger partial charge is 0.0162 e. The summed E-state index contributed by atoms with van der Waals surface area (Å²) in [6.45, 7) is 9.26. The molecule has 0 aromatic carbocycles. The number of hydrogen-bond donors (Lipinski definition) is 0. The highest BCUT2D eigenvalue weighted by molar-refractivity contribution is 4.84. The van der Waals surface area contributed by atoms with Crippen LogP contribution in [0.5, 0.6) is 0 Å². The molecule has 2 heteroatoms. The molecule has 0 aromatic heterocycles. The lowest BCUT2D eigenvalue weighted by atomic mass is 9.89. The first-order chi connectivity index (χ1) is 6.66. The van der Waals surface area contributed by atoms with E-state index in [1.165, 1.54) is 12.8 Å². The Morgan fingerprint density at radius 2 is 1.47 bits per heavy atom. The van der Waals surface area contributed by atoms with Crippen LogP contribution in [-0.4, -0.2) is 49.6 Å². The van der Waals surface area contributed by atoms with Crippen LogP contribution in [-0.2, 0) is 0 Å². The molecule has 0 saturated heterocycles. The normalized spacial score (nSPS) is 15.4. The third kappa shape index (κ3) is 5.53. The van der Waals surface area contributed by atoms with E-state index in [9.17, 15) is 0 Å². The summed E-state index contributed by atoms with van der Waals surface area (Å²) in [5.41, 5.74) is 0.282. The van der Waals surface area contributed by atoms with Gasteiger partial charge >= 0.3 is 0 Å². The predicted molar refractivity (Wildman–Crippen MR) is 69.3 cm³/mol. The van der Waals surface area contributed by atoms with Gasteiger partial charge in [-0.05, 0) is 60.8 Å². The molecule has 0 aliphatic carbocycles.